The van der Waals surface area contributed by atoms with E-state index < -0.39 is 11.9 Å². The number of carbonyl (C=O) groups is 2. The molecule has 0 aromatic heterocycles. The first-order chi connectivity index (χ1) is 19.5. The highest BCUT2D eigenvalue weighted by molar-refractivity contribution is 5.80. The zero-order valence-electron chi connectivity index (χ0n) is 25.6. The molecule has 0 amide bonds. The third-order valence-corrected chi connectivity index (χ3v) is 6.98. The lowest BCUT2D eigenvalue weighted by Gasteiger charge is -2.17. The largest absolute Gasteiger partial charge is 0.481 e. The summed E-state index contributed by atoms with van der Waals surface area (Å²) in [6.07, 6.45) is 42.0. The average molecular weight is 555 g/mol. The molecule has 0 fully saturated rings. The van der Waals surface area contributed by atoms with Crippen molar-refractivity contribution in [3.8, 4) is 0 Å². The highest BCUT2D eigenvalue weighted by Crippen LogP contribution is 2.26. The lowest BCUT2D eigenvalue weighted by molar-refractivity contribution is -0.140. The van der Waals surface area contributed by atoms with Gasteiger partial charge in [-0.15, -0.1) is 0 Å². The molecule has 1 atom stereocenters. The third kappa shape index (κ3) is 25.6. The van der Waals surface area contributed by atoms with Crippen LogP contribution in [0.25, 0.3) is 0 Å². The van der Waals surface area contributed by atoms with Crippen LogP contribution < -0.4 is 0 Å². The van der Waals surface area contributed by atoms with Gasteiger partial charge in [-0.05, 0) is 70.6 Å². The van der Waals surface area contributed by atoms with Gasteiger partial charge in [0.05, 0.1) is 5.92 Å². The van der Waals surface area contributed by atoms with E-state index in [1.807, 2.05) is 6.08 Å². The molecule has 0 heterocycles. The second-order valence-corrected chi connectivity index (χ2v) is 10.6. The smallest absolute Gasteiger partial charge is 0.328 e. The summed E-state index contributed by atoms with van der Waals surface area (Å²) in [6, 6.07) is 0. The monoisotopic (exact) mass is 554 g/mol. The van der Waals surface area contributed by atoms with Crippen molar-refractivity contribution < 1.29 is 19.8 Å². The van der Waals surface area contributed by atoms with E-state index in [1.54, 1.807) is 12.2 Å². The number of allylic oxidation sites excluding steroid dienone is 10. The van der Waals surface area contributed by atoms with E-state index in [4.69, 9.17) is 5.11 Å². The second-order valence-electron chi connectivity index (χ2n) is 10.6. The van der Waals surface area contributed by atoms with Gasteiger partial charge in [0.15, 0.2) is 0 Å². The van der Waals surface area contributed by atoms with E-state index in [9.17, 15) is 14.7 Å². The molecular weight excluding hydrogens is 496 g/mol. The Bertz CT molecular complexity index is 798. The summed E-state index contributed by atoms with van der Waals surface area (Å²) in [4.78, 5) is 22.6. The van der Waals surface area contributed by atoms with Gasteiger partial charge < -0.3 is 10.2 Å². The van der Waals surface area contributed by atoms with Crippen LogP contribution in [0.15, 0.2) is 72.4 Å². The molecule has 0 spiro atoms. The van der Waals surface area contributed by atoms with Crippen LogP contribution in [-0.2, 0) is 9.59 Å². The van der Waals surface area contributed by atoms with Gasteiger partial charge >= 0.3 is 11.9 Å². The first-order valence-electron chi connectivity index (χ1n) is 16.0. The summed E-state index contributed by atoms with van der Waals surface area (Å²) in [5, 5.41) is 18.6. The van der Waals surface area contributed by atoms with Crippen molar-refractivity contribution in [3.63, 3.8) is 0 Å². The van der Waals surface area contributed by atoms with Crippen LogP contribution >= 0.6 is 0 Å². The molecule has 2 N–H and O–H groups in total. The van der Waals surface area contributed by atoms with E-state index in [-0.39, 0.29) is 5.92 Å². The summed E-state index contributed by atoms with van der Waals surface area (Å²) in [5.41, 5.74) is 1.13. The molecule has 226 valence electrons. The minimum Gasteiger partial charge on any atom is -0.481 e. The van der Waals surface area contributed by atoms with Crippen LogP contribution in [-0.4, -0.2) is 22.2 Å². The minimum atomic E-state index is -0.930. The summed E-state index contributed by atoms with van der Waals surface area (Å²) < 4.78 is 0. The van der Waals surface area contributed by atoms with Crippen LogP contribution in [0, 0.1) is 5.92 Å². The lowest BCUT2D eigenvalue weighted by atomic mass is 9.88. The van der Waals surface area contributed by atoms with Gasteiger partial charge in [-0.2, -0.15) is 0 Å². The average Bonchev–Trinajstić information content (AvgIpc) is 2.93. The second kappa shape index (κ2) is 29.4. The highest BCUT2D eigenvalue weighted by atomic mass is 16.4. The molecule has 4 heteroatoms. The van der Waals surface area contributed by atoms with Crippen LogP contribution in [0.1, 0.15) is 136 Å². The van der Waals surface area contributed by atoms with Crippen LogP contribution in [0.4, 0.5) is 0 Å². The van der Waals surface area contributed by atoms with Gasteiger partial charge in [0.25, 0.3) is 0 Å². The Morgan fingerprint density at radius 3 is 1.62 bits per heavy atom. The van der Waals surface area contributed by atoms with E-state index in [0.29, 0.717) is 0 Å². The molecule has 0 saturated heterocycles. The van der Waals surface area contributed by atoms with E-state index in [2.05, 4.69) is 56.4 Å². The maximum absolute atomic E-state index is 12.2. The summed E-state index contributed by atoms with van der Waals surface area (Å²) >= 11 is 0. The maximum atomic E-state index is 12.2. The number of aliphatic carboxylic acids is 2. The van der Waals surface area contributed by atoms with E-state index in [1.165, 1.54) is 32.1 Å². The van der Waals surface area contributed by atoms with Crippen LogP contribution in [0.5, 0.6) is 0 Å². The molecule has 0 radical (unpaired) electrons. The van der Waals surface area contributed by atoms with Crippen molar-refractivity contribution in [1.82, 2.24) is 0 Å². The molecule has 0 saturated carbocycles. The topological polar surface area (TPSA) is 74.6 Å². The van der Waals surface area contributed by atoms with Crippen molar-refractivity contribution in [2.75, 3.05) is 0 Å². The summed E-state index contributed by atoms with van der Waals surface area (Å²) in [6.45, 7) is 4.42. The minimum absolute atomic E-state index is 0.354. The summed E-state index contributed by atoms with van der Waals surface area (Å²) in [5.74, 6) is -1.96. The number of hydrogen-bond acceptors (Lipinski definition) is 2. The quantitative estimate of drug-likeness (QED) is 0.0458. The van der Waals surface area contributed by atoms with Crippen molar-refractivity contribution in [3.05, 3.63) is 72.4 Å². The third-order valence-electron chi connectivity index (χ3n) is 6.98. The molecular formula is C36H58O4. The molecule has 0 aromatic carbocycles. The fourth-order valence-corrected chi connectivity index (χ4v) is 4.60. The predicted molar refractivity (Wildman–Crippen MR) is 172 cm³/mol. The van der Waals surface area contributed by atoms with Crippen molar-refractivity contribution in [2.24, 2.45) is 5.92 Å². The summed E-state index contributed by atoms with van der Waals surface area (Å²) in [7, 11) is 0. The molecule has 0 bridgehead atoms. The van der Waals surface area contributed by atoms with Crippen LogP contribution in [0.2, 0.25) is 0 Å². The maximum Gasteiger partial charge on any atom is 0.328 e. The van der Waals surface area contributed by atoms with E-state index >= 15 is 0 Å². The van der Waals surface area contributed by atoms with Gasteiger partial charge in [-0.1, -0.05) is 132 Å². The lowest BCUT2D eigenvalue weighted by Crippen LogP contribution is -2.16. The molecule has 0 rings (SSSR count). The zero-order valence-corrected chi connectivity index (χ0v) is 25.6. The Morgan fingerprint density at radius 2 is 1.07 bits per heavy atom. The Hall–Kier alpha value is -2.62. The van der Waals surface area contributed by atoms with Crippen LogP contribution in [0.3, 0.4) is 0 Å². The van der Waals surface area contributed by atoms with Crippen molar-refractivity contribution in [1.29, 1.82) is 0 Å². The Labute approximate surface area is 245 Å². The number of hydrogen-bond donors (Lipinski definition) is 2. The molecule has 0 aromatic rings. The number of rotatable bonds is 27. The van der Waals surface area contributed by atoms with Crippen molar-refractivity contribution in [2.45, 2.75) is 136 Å². The molecule has 1 unspecified atom stereocenters. The van der Waals surface area contributed by atoms with Gasteiger partial charge in [0.2, 0.25) is 0 Å². The Morgan fingerprint density at radius 1 is 0.575 bits per heavy atom. The van der Waals surface area contributed by atoms with E-state index in [0.717, 1.165) is 102 Å². The standard InChI is InChI=1S/C36H58O4/c1-3-5-7-9-10-11-12-13-14-15-16-20-23-27-31-34(36(39)40)33(29-25-8-6-4-2)30-26-22-19-17-18-21-24-28-32-35(37)38/h10-15,21,24,28-29,32,34H,3-9,16-20,22-23,25-27,30-31H2,1-2H3,(H,37,38)(H,39,40). The normalized spacial score (nSPS) is 13.6. The molecule has 0 aliphatic rings. The number of carboxylic acids is 2. The SMILES string of the molecule is CCCCCC=CC=CC=CCCCCCC(C(=O)O)C(=CCCCCC)CCCCCCC=CC=CC(=O)O. The highest BCUT2D eigenvalue weighted by Gasteiger charge is 2.21. The van der Waals surface area contributed by atoms with Gasteiger partial charge in [0.1, 0.15) is 0 Å². The molecule has 0 aliphatic heterocycles. The van der Waals surface area contributed by atoms with Crippen molar-refractivity contribution >= 4 is 11.9 Å². The molecule has 40 heavy (non-hydrogen) atoms. The van der Waals surface area contributed by atoms with Gasteiger partial charge in [0, 0.05) is 6.08 Å². The predicted octanol–water partition coefficient (Wildman–Crippen LogP) is 10.9. The zero-order chi connectivity index (χ0) is 29.5. The Balaban J connectivity index is 4.45. The molecule has 0 aliphatic carbocycles. The first-order valence-corrected chi connectivity index (χ1v) is 16.0. The van der Waals surface area contributed by atoms with Gasteiger partial charge in [-0.25, -0.2) is 4.79 Å². The number of carboxylic acid groups (broad SMARTS) is 2. The van der Waals surface area contributed by atoms with Gasteiger partial charge in [-0.3, -0.25) is 4.79 Å². The number of unbranched alkanes of at least 4 members (excludes halogenated alkanes) is 13. The Kier molecular flexibility index (Phi) is 27.4. The fourth-order valence-electron chi connectivity index (χ4n) is 4.60. The first kappa shape index (κ1) is 37.4. The molecule has 4 nitrogen and oxygen atoms in total. The fraction of sp³-hybridized carbons (Fsp3) is 0.611.